The Morgan fingerprint density at radius 2 is 1.94 bits per heavy atom. The van der Waals surface area contributed by atoms with Crippen molar-refractivity contribution in [1.29, 1.82) is 5.26 Å². The molecule has 0 amide bonds. The van der Waals surface area contributed by atoms with Crippen LogP contribution >= 0.6 is 0 Å². The van der Waals surface area contributed by atoms with E-state index >= 15 is 0 Å². The fourth-order valence-corrected chi connectivity index (χ4v) is 1.45. The molecule has 0 heterocycles. The summed E-state index contributed by atoms with van der Waals surface area (Å²) in [6.07, 6.45) is -0.816. The number of nitriles is 1. The van der Waals surface area contributed by atoms with E-state index in [0.29, 0.717) is 12.0 Å². The lowest BCUT2D eigenvalue weighted by atomic mass is 9.96. The van der Waals surface area contributed by atoms with Crippen LogP contribution in [0, 0.1) is 17.2 Å². The van der Waals surface area contributed by atoms with E-state index in [1.807, 2.05) is 13.8 Å². The summed E-state index contributed by atoms with van der Waals surface area (Å²) in [7, 11) is 0. The smallest absolute Gasteiger partial charge is 0.198 e. The maximum absolute atomic E-state index is 12.5. The zero-order valence-electron chi connectivity index (χ0n) is 9.73. The summed E-state index contributed by atoms with van der Waals surface area (Å²) < 4.78 is 37.5. The second-order valence-corrected chi connectivity index (χ2v) is 3.30. The molecule has 1 aliphatic carbocycles. The number of nitrogens with zero attached hydrogens (tertiary/aromatic N) is 1. The molecule has 0 bridgehead atoms. The monoisotopic (exact) mass is 231 g/mol. The van der Waals surface area contributed by atoms with Gasteiger partial charge >= 0.3 is 6.18 Å². The van der Waals surface area contributed by atoms with Crippen LogP contribution in [0.25, 0.3) is 0 Å². The average molecular weight is 231 g/mol. The number of alkyl halides is 3. The molecule has 0 fully saturated rings. The molecule has 90 valence electrons. The van der Waals surface area contributed by atoms with E-state index < -0.39 is 17.7 Å². The quantitative estimate of drug-likeness (QED) is 0.606. The molecule has 1 rings (SSSR count). The van der Waals surface area contributed by atoms with Gasteiger partial charge in [0.05, 0.1) is 17.6 Å². The van der Waals surface area contributed by atoms with Crippen LogP contribution in [0.3, 0.4) is 0 Å². The van der Waals surface area contributed by atoms with Crippen molar-refractivity contribution in [3.8, 4) is 6.07 Å². The van der Waals surface area contributed by atoms with Crippen LogP contribution in [0.4, 0.5) is 13.2 Å². The summed E-state index contributed by atoms with van der Waals surface area (Å²) in [5.41, 5.74) is -0.138. The van der Waals surface area contributed by atoms with Crippen molar-refractivity contribution in [2.24, 2.45) is 5.92 Å². The van der Waals surface area contributed by atoms with Crippen molar-refractivity contribution >= 4 is 0 Å². The van der Waals surface area contributed by atoms with Crippen molar-refractivity contribution in [1.82, 2.24) is 0 Å². The van der Waals surface area contributed by atoms with Crippen LogP contribution in [-0.4, -0.2) is 6.18 Å². The highest BCUT2D eigenvalue weighted by molar-refractivity contribution is 5.31. The molecular formula is C12H16F3N. The maximum atomic E-state index is 12.5. The Balaban J connectivity index is 0.00000106. The van der Waals surface area contributed by atoms with Crippen molar-refractivity contribution in [2.45, 2.75) is 39.8 Å². The fourth-order valence-electron chi connectivity index (χ4n) is 1.45. The van der Waals surface area contributed by atoms with Gasteiger partial charge in [-0.2, -0.15) is 18.4 Å². The molecule has 0 aromatic rings. The van der Waals surface area contributed by atoms with Crippen molar-refractivity contribution in [3.63, 3.8) is 0 Å². The highest BCUT2D eigenvalue weighted by Gasteiger charge is 2.38. The second-order valence-electron chi connectivity index (χ2n) is 3.30. The van der Waals surface area contributed by atoms with E-state index in [9.17, 15) is 13.2 Å². The molecule has 1 aliphatic rings. The molecule has 1 atom stereocenters. The summed E-state index contributed by atoms with van der Waals surface area (Å²) in [4.78, 5) is 0. The zero-order valence-corrected chi connectivity index (χ0v) is 9.73. The molecule has 0 aromatic carbocycles. The van der Waals surface area contributed by atoms with Gasteiger partial charge in [-0.05, 0) is 19.8 Å². The van der Waals surface area contributed by atoms with Gasteiger partial charge in [-0.3, -0.25) is 0 Å². The number of allylic oxidation sites excluding steroid dienone is 4. The molecule has 4 heteroatoms. The van der Waals surface area contributed by atoms with Gasteiger partial charge in [0.15, 0.2) is 0 Å². The van der Waals surface area contributed by atoms with Gasteiger partial charge in [0.2, 0.25) is 0 Å². The first-order valence-electron chi connectivity index (χ1n) is 5.30. The van der Waals surface area contributed by atoms with Crippen molar-refractivity contribution in [3.05, 3.63) is 23.3 Å². The summed E-state index contributed by atoms with van der Waals surface area (Å²) in [6, 6.07) is 1.70. The lowest BCUT2D eigenvalue weighted by molar-refractivity contribution is -0.0971. The lowest BCUT2D eigenvalue weighted by Gasteiger charge is -2.14. The SMILES string of the molecule is CC.CC1=CCCC(C#N)C(C(F)(F)F)=C1. The van der Waals surface area contributed by atoms with Gasteiger partial charge in [0, 0.05) is 0 Å². The number of hydrogen-bond acceptors (Lipinski definition) is 1. The minimum atomic E-state index is -4.39. The van der Waals surface area contributed by atoms with Gasteiger partial charge < -0.3 is 0 Å². The van der Waals surface area contributed by atoms with Crippen molar-refractivity contribution < 1.29 is 13.2 Å². The van der Waals surface area contributed by atoms with Crippen LogP contribution in [0.1, 0.15) is 33.6 Å². The van der Waals surface area contributed by atoms with Gasteiger partial charge in [-0.1, -0.05) is 31.6 Å². The van der Waals surface area contributed by atoms with Gasteiger partial charge in [-0.15, -0.1) is 0 Å². The molecule has 0 N–H and O–H groups in total. The minimum absolute atomic E-state index is 0.249. The summed E-state index contributed by atoms with van der Waals surface area (Å²) in [6.45, 7) is 5.62. The van der Waals surface area contributed by atoms with Gasteiger partial charge in [0.25, 0.3) is 0 Å². The van der Waals surface area contributed by atoms with E-state index in [1.165, 1.54) is 0 Å². The van der Waals surface area contributed by atoms with Gasteiger partial charge in [0.1, 0.15) is 0 Å². The predicted octanol–water partition coefficient (Wildman–Crippen LogP) is 4.38. The topological polar surface area (TPSA) is 23.8 Å². The van der Waals surface area contributed by atoms with Crippen LogP contribution in [-0.2, 0) is 0 Å². The Kier molecular flexibility index (Phi) is 5.87. The molecule has 0 aliphatic heterocycles. The van der Waals surface area contributed by atoms with Crippen molar-refractivity contribution in [2.75, 3.05) is 0 Å². The maximum Gasteiger partial charge on any atom is 0.413 e. The first-order valence-corrected chi connectivity index (χ1v) is 5.30. The van der Waals surface area contributed by atoms with Crippen LogP contribution in [0.2, 0.25) is 0 Å². The Bertz CT molecular complexity index is 318. The first kappa shape index (κ1) is 14.8. The van der Waals surface area contributed by atoms with E-state index in [0.717, 1.165) is 6.08 Å². The third-order valence-corrected chi connectivity index (χ3v) is 2.16. The molecule has 0 saturated carbocycles. The summed E-state index contributed by atoms with van der Waals surface area (Å²) >= 11 is 0. The Morgan fingerprint density at radius 3 is 2.38 bits per heavy atom. The Hall–Kier alpha value is -1.24. The molecule has 16 heavy (non-hydrogen) atoms. The molecule has 1 unspecified atom stereocenters. The largest absolute Gasteiger partial charge is 0.413 e. The zero-order chi connectivity index (χ0) is 12.8. The Morgan fingerprint density at radius 1 is 1.38 bits per heavy atom. The molecule has 1 nitrogen and oxygen atoms in total. The highest BCUT2D eigenvalue weighted by Crippen LogP contribution is 2.35. The van der Waals surface area contributed by atoms with E-state index in [2.05, 4.69) is 0 Å². The average Bonchev–Trinajstić information content (AvgIpc) is 2.42. The van der Waals surface area contributed by atoms with E-state index in [1.54, 1.807) is 19.1 Å². The van der Waals surface area contributed by atoms with Crippen LogP contribution < -0.4 is 0 Å². The number of halogens is 3. The number of hydrogen-bond donors (Lipinski definition) is 0. The fraction of sp³-hybridized carbons (Fsp3) is 0.583. The molecule has 0 saturated heterocycles. The predicted molar refractivity (Wildman–Crippen MR) is 57.6 cm³/mol. The first-order chi connectivity index (χ1) is 7.45. The summed E-state index contributed by atoms with van der Waals surface area (Å²) in [5, 5.41) is 8.62. The van der Waals surface area contributed by atoms with Crippen LogP contribution in [0.15, 0.2) is 23.3 Å². The second kappa shape index (κ2) is 6.37. The summed E-state index contributed by atoms with van der Waals surface area (Å²) in [5.74, 6) is -1.02. The molecule has 0 radical (unpaired) electrons. The van der Waals surface area contributed by atoms with E-state index in [-0.39, 0.29) is 6.42 Å². The molecule has 0 aromatic heterocycles. The Labute approximate surface area is 94.3 Å². The van der Waals surface area contributed by atoms with Gasteiger partial charge in [-0.25, -0.2) is 0 Å². The number of rotatable bonds is 0. The highest BCUT2D eigenvalue weighted by atomic mass is 19.4. The molecular weight excluding hydrogens is 215 g/mol. The van der Waals surface area contributed by atoms with Crippen LogP contribution in [0.5, 0.6) is 0 Å². The normalized spacial score (nSPS) is 20.7. The lowest BCUT2D eigenvalue weighted by Crippen LogP contribution is -2.18. The molecule has 0 spiro atoms. The minimum Gasteiger partial charge on any atom is -0.198 e. The third-order valence-electron chi connectivity index (χ3n) is 2.16. The third kappa shape index (κ3) is 4.09. The van der Waals surface area contributed by atoms with E-state index in [4.69, 9.17) is 5.26 Å². The standard InChI is InChI=1S/C10H10F3N.C2H6/c1-7-3-2-4-8(6-14)9(5-7)10(11,12)13;1-2/h3,5,8H,2,4H2,1H3;1-2H3.